The number of nitrogens with one attached hydrogen (secondary N) is 1. The zero-order valence-corrected chi connectivity index (χ0v) is 18.2. The average molecular weight is 449 g/mol. The fraction of sp³-hybridized carbons (Fsp3) is 0.500. The minimum Gasteiger partial charge on any atom is -0.472 e. The molecule has 8 nitrogen and oxygen atoms in total. The van der Waals surface area contributed by atoms with Gasteiger partial charge in [0.05, 0.1) is 24.5 Å². The predicted octanol–water partition coefficient (Wildman–Crippen LogP) is 3.28. The maximum Gasteiger partial charge on any atom is 0.257 e. The number of hydrogen-bond acceptors (Lipinski definition) is 6. The molecule has 170 valence electrons. The van der Waals surface area contributed by atoms with Crippen LogP contribution in [-0.2, 0) is 0 Å². The molecule has 3 aromatic rings. The Morgan fingerprint density at radius 2 is 2.06 bits per heavy atom. The first-order chi connectivity index (χ1) is 16.2. The Labute approximate surface area is 190 Å². The number of ether oxygens (including phenoxy) is 1. The van der Waals surface area contributed by atoms with Crippen molar-refractivity contribution in [1.82, 2.24) is 24.9 Å². The molecule has 0 radical (unpaired) electrons. The zero-order valence-electron chi connectivity index (χ0n) is 18.2. The van der Waals surface area contributed by atoms with Crippen molar-refractivity contribution in [2.75, 3.05) is 11.4 Å². The van der Waals surface area contributed by atoms with E-state index in [-0.39, 0.29) is 29.9 Å². The second-order valence-electron chi connectivity index (χ2n) is 9.78. The van der Waals surface area contributed by atoms with E-state index in [1.165, 1.54) is 6.20 Å². The normalized spacial score (nSPS) is 30.5. The number of carbonyl (C=O) groups excluding carboxylic acids is 1. The second kappa shape index (κ2) is 7.13. The number of halogens is 1. The Balaban J connectivity index is 1.44. The van der Waals surface area contributed by atoms with Crippen LogP contribution in [0, 0.1) is 17.7 Å². The van der Waals surface area contributed by atoms with Crippen LogP contribution in [0.3, 0.4) is 0 Å². The number of nitrogens with zero attached hydrogens (tertiary/aromatic N) is 5. The molecule has 5 atom stereocenters. The summed E-state index contributed by atoms with van der Waals surface area (Å²) in [6.07, 6.45) is 10.4. The molecule has 3 aromatic heterocycles. The molecule has 2 bridgehead atoms. The van der Waals surface area contributed by atoms with Gasteiger partial charge < -0.3 is 15.0 Å². The van der Waals surface area contributed by atoms with Gasteiger partial charge in [-0.1, -0.05) is 6.42 Å². The Bertz CT molecular complexity index is 1260. The fourth-order valence-electron chi connectivity index (χ4n) is 6.19. The number of carbonyl (C=O) groups is 1. The van der Waals surface area contributed by atoms with Crippen LogP contribution in [0.1, 0.15) is 60.5 Å². The van der Waals surface area contributed by atoms with Crippen LogP contribution in [0.25, 0.3) is 5.65 Å². The van der Waals surface area contributed by atoms with Crippen LogP contribution >= 0.6 is 0 Å². The zero-order chi connectivity index (χ0) is 22.1. The standard InChI is InChI=1S/C24H25FN6O2/c25-14-9-16-21-15-6-5-13(15)12-30(21)20-7-8-31-22(29-20)17(11-27-31)23(32)28-18-3-1-2-4-19(18)33-24(16)26-10-14/h7-11,13,15,18-19,21H,1-6,12H2,(H,28,32)/t13-,15-,18+,19+,21-/m0/s1. The third-order valence-corrected chi connectivity index (χ3v) is 7.99. The van der Waals surface area contributed by atoms with E-state index in [4.69, 9.17) is 9.72 Å². The minimum absolute atomic E-state index is 0.0604. The molecule has 0 spiro atoms. The summed E-state index contributed by atoms with van der Waals surface area (Å²) in [5.41, 5.74) is 1.78. The van der Waals surface area contributed by atoms with E-state index in [1.54, 1.807) is 16.8 Å². The number of hydrogen-bond donors (Lipinski definition) is 1. The van der Waals surface area contributed by atoms with Gasteiger partial charge in [-0.15, -0.1) is 0 Å². The van der Waals surface area contributed by atoms with Gasteiger partial charge in [0.1, 0.15) is 23.3 Å². The minimum atomic E-state index is -0.362. The molecule has 9 heteroatoms. The van der Waals surface area contributed by atoms with Gasteiger partial charge in [0.25, 0.3) is 5.91 Å². The predicted molar refractivity (Wildman–Crippen MR) is 118 cm³/mol. The first-order valence-corrected chi connectivity index (χ1v) is 11.9. The lowest BCUT2D eigenvalue weighted by Crippen LogP contribution is -2.48. The highest BCUT2D eigenvalue weighted by molar-refractivity contribution is 6.00. The first kappa shape index (κ1) is 19.3. The molecule has 2 aliphatic carbocycles. The number of pyridine rings is 1. The molecule has 2 saturated carbocycles. The van der Waals surface area contributed by atoms with Crippen molar-refractivity contribution in [2.45, 2.75) is 56.7 Å². The van der Waals surface area contributed by atoms with Crippen LogP contribution in [0.15, 0.2) is 30.7 Å². The summed E-state index contributed by atoms with van der Waals surface area (Å²) in [5.74, 6) is 1.63. The van der Waals surface area contributed by atoms with Gasteiger partial charge in [0, 0.05) is 18.3 Å². The SMILES string of the molecule is O=C1N[C@@H]2CCCC[C@H]2Oc2ncc(F)cc2[C@@H]2[C@H]3CC[C@H]3CN2c2ccn3ncc1c3n2. The summed E-state index contributed by atoms with van der Waals surface area (Å²) in [6, 6.07) is 3.29. The molecule has 0 unspecified atom stereocenters. The van der Waals surface area contributed by atoms with Crippen LogP contribution < -0.4 is 15.0 Å². The molecule has 7 rings (SSSR count). The van der Waals surface area contributed by atoms with Crippen LogP contribution in [0.5, 0.6) is 5.88 Å². The highest BCUT2D eigenvalue weighted by Gasteiger charge is 2.49. The lowest BCUT2D eigenvalue weighted by atomic mass is 9.71. The van der Waals surface area contributed by atoms with Gasteiger partial charge in [-0.05, 0) is 56.1 Å². The van der Waals surface area contributed by atoms with Gasteiger partial charge in [-0.25, -0.2) is 18.9 Å². The van der Waals surface area contributed by atoms with E-state index >= 15 is 0 Å². The number of anilines is 1. The Kier molecular flexibility index (Phi) is 4.16. The highest BCUT2D eigenvalue weighted by Crippen LogP contribution is 2.54. The number of fused-ring (bicyclic) bond motifs is 8. The van der Waals surface area contributed by atoms with Gasteiger partial charge in [-0.3, -0.25) is 4.79 Å². The summed E-state index contributed by atoms with van der Waals surface area (Å²) in [5, 5.41) is 7.51. The van der Waals surface area contributed by atoms with Gasteiger partial charge in [0.2, 0.25) is 5.88 Å². The summed E-state index contributed by atoms with van der Waals surface area (Å²) in [4.78, 5) is 24.8. The van der Waals surface area contributed by atoms with Crippen LogP contribution in [-0.4, -0.2) is 44.2 Å². The molecule has 5 heterocycles. The molecule has 1 amide bonds. The lowest BCUT2D eigenvalue weighted by Gasteiger charge is -2.36. The van der Waals surface area contributed by atoms with Crippen LogP contribution in [0.2, 0.25) is 0 Å². The molecule has 33 heavy (non-hydrogen) atoms. The van der Waals surface area contributed by atoms with Crippen molar-refractivity contribution in [1.29, 1.82) is 0 Å². The number of rotatable bonds is 0. The van der Waals surface area contributed by atoms with E-state index in [9.17, 15) is 9.18 Å². The first-order valence-electron chi connectivity index (χ1n) is 11.9. The van der Waals surface area contributed by atoms with E-state index in [0.717, 1.165) is 56.5 Å². The second-order valence-corrected chi connectivity index (χ2v) is 9.78. The largest absolute Gasteiger partial charge is 0.472 e. The number of amides is 1. The van der Waals surface area contributed by atoms with Crippen molar-refractivity contribution in [3.05, 3.63) is 47.7 Å². The molecule has 3 fully saturated rings. The van der Waals surface area contributed by atoms with Crippen molar-refractivity contribution in [3.8, 4) is 5.88 Å². The van der Waals surface area contributed by atoms with E-state index in [1.807, 2.05) is 12.3 Å². The maximum atomic E-state index is 14.5. The summed E-state index contributed by atoms with van der Waals surface area (Å²) >= 11 is 0. The third-order valence-electron chi connectivity index (χ3n) is 7.99. The molecule has 1 N–H and O–H groups in total. The average Bonchev–Trinajstić information content (AvgIpc) is 3.33. The Hall–Kier alpha value is -3.23. The molecule has 1 saturated heterocycles. The summed E-state index contributed by atoms with van der Waals surface area (Å²) in [7, 11) is 0. The van der Waals surface area contributed by atoms with Gasteiger partial charge >= 0.3 is 0 Å². The van der Waals surface area contributed by atoms with Crippen molar-refractivity contribution < 1.29 is 13.9 Å². The van der Waals surface area contributed by atoms with Crippen molar-refractivity contribution >= 4 is 17.4 Å². The van der Waals surface area contributed by atoms with E-state index in [0.29, 0.717) is 28.9 Å². The lowest BCUT2D eigenvalue weighted by molar-refractivity contribution is 0.0779. The van der Waals surface area contributed by atoms with Gasteiger partial charge in [0.15, 0.2) is 5.65 Å². The van der Waals surface area contributed by atoms with Crippen molar-refractivity contribution in [3.63, 3.8) is 0 Å². The molecular weight excluding hydrogens is 423 g/mol. The Morgan fingerprint density at radius 3 is 2.94 bits per heavy atom. The van der Waals surface area contributed by atoms with E-state index in [2.05, 4.69) is 20.3 Å². The smallest absolute Gasteiger partial charge is 0.257 e. The fourth-order valence-corrected chi connectivity index (χ4v) is 6.19. The van der Waals surface area contributed by atoms with Gasteiger partial charge in [-0.2, -0.15) is 5.10 Å². The van der Waals surface area contributed by atoms with Crippen LogP contribution in [0.4, 0.5) is 10.2 Å². The topological polar surface area (TPSA) is 84.7 Å². The molecule has 2 aliphatic heterocycles. The maximum absolute atomic E-state index is 14.5. The monoisotopic (exact) mass is 448 g/mol. The quantitative estimate of drug-likeness (QED) is 0.568. The molecular formula is C24H25FN6O2. The molecule has 4 aliphatic rings. The third kappa shape index (κ3) is 2.94. The summed E-state index contributed by atoms with van der Waals surface area (Å²) in [6.45, 7) is 0.843. The summed E-state index contributed by atoms with van der Waals surface area (Å²) < 4.78 is 22.6. The highest BCUT2D eigenvalue weighted by atomic mass is 19.1. The van der Waals surface area contributed by atoms with E-state index < -0.39 is 0 Å². The number of aromatic nitrogens is 4. The Morgan fingerprint density at radius 1 is 1.15 bits per heavy atom. The van der Waals surface area contributed by atoms with Crippen molar-refractivity contribution in [2.24, 2.45) is 11.8 Å². The molecule has 0 aromatic carbocycles.